The summed E-state index contributed by atoms with van der Waals surface area (Å²) in [4.78, 5) is 23.0. The van der Waals surface area contributed by atoms with Crippen LogP contribution in [-0.2, 0) is 19.1 Å². The number of esters is 2. The van der Waals surface area contributed by atoms with Gasteiger partial charge in [-0.15, -0.1) is 0 Å². The highest BCUT2D eigenvalue weighted by Crippen LogP contribution is 2.22. The van der Waals surface area contributed by atoms with Gasteiger partial charge in [0.15, 0.2) is 0 Å². The van der Waals surface area contributed by atoms with Gasteiger partial charge in [0.25, 0.3) is 0 Å². The molecule has 1 rings (SSSR count). The lowest BCUT2D eigenvalue weighted by molar-refractivity contribution is -0.156. The van der Waals surface area contributed by atoms with Gasteiger partial charge in [-0.2, -0.15) is 0 Å². The highest BCUT2D eigenvalue weighted by atomic mass is 16.6. The van der Waals surface area contributed by atoms with Crippen LogP contribution in [-0.4, -0.2) is 30.3 Å². The van der Waals surface area contributed by atoms with E-state index in [4.69, 9.17) is 14.6 Å². The Balaban J connectivity index is 2.65. The number of benzene rings is 1. The van der Waals surface area contributed by atoms with E-state index in [0.29, 0.717) is 0 Å². The summed E-state index contributed by atoms with van der Waals surface area (Å²) in [5.41, 5.74) is 0.255. The van der Waals surface area contributed by atoms with Crippen LogP contribution in [0.1, 0.15) is 38.9 Å². The van der Waals surface area contributed by atoms with Crippen LogP contribution in [0.15, 0.2) is 30.3 Å². The Hall–Kier alpha value is -1.88. The summed E-state index contributed by atoms with van der Waals surface area (Å²) in [5.74, 6) is -0.918. The maximum Gasteiger partial charge on any atom is 0.309 e. The molecule has 1 aromatic carbocycles. The number of carbonyl (C=O) groups excluding carboxylic acids is 2. The second-order valence-electron chi connectivity index (χ2n) is 5.70. The average Bonchev–Trinajstić information content (AvgIpc) is 2.45. The summed E-state index contributed by atoms with van der Waals surface area (Å²) in [5, 5.41) is 9.13. The van der Waals surface area contributed by atoms with Crippen LogP contribution in [0.2, 0.25) is 0 Å². The lowest BCUT2D eigenvalue weighted by atomic mass is 9.96. The molecule has 1 aromatic rings. The Morgan fingerprint density at radius 2 is 1.86 bits per heavy atom. The van der Waals surface area contributed by atoms with Crippen LogP contribution >= 0.6 is 0 Å². The third-order valence-corrected chi connectivity index (χ3v) is 2.88. The quantitative estimate of drug-likeness (QED) is 0.781. The molecule has 0 aromatic heterocycles. The summed E-state index contributed by atoms with van der Waals surface area (Å²) in [6.45, 7) is 4.93. The van der Waals surface area contributed by atoms with Crippen molar-refractivity contribution >= 4 is 11.9 Å². The van der Waals surface area contributed by atoms with Crippen molar-refractivity contribution in [2.75, 3.05) is 13.2 Å². The van der Waals surface area contributed by atoms with Gasteiger partial charge in [-0.25, -0.2) is 0 Å². The highest BCUT2D eigenvalue weighted by molar-refractivity contribution is 5.72. The van der Waals surface area contributed by atoms with Gasteiger partial charge < -0.3 is 14.6 Å². The maximum atomic E-state index is 11.9. The van der Waals surface area contributed by atoms with Gasteiger partial charge in [-0.3, -0.25) is 9.59 Å². The molecule has 0 aliphatic carbocycles. The molecule has 0 saturated carbocycles. The average molecular weight is 294 g/mol. The second kappa shape index (κ2) is 7.78. The molecule has 1 N–H and O–H groups in total. The van der Waals surface area contributed by atoms with E-state index in [9.17, 15) is 9.59 Å². The first kappa shape index (κ1) is 17.2. The van der Waals surface area contributed by atoms with Crippen molar-refractivity contribution in [2.24, 2.45) is 5.41 Å². The zero-order chi connectivity index (χ0) is 15.9. The van der Waals surface area contributed by atoms with E-state index >= 15 is 0 Å². The van der Waals surface area contributed by atoms with Crippen molar-refractivity contribution in [1.82, 2.24) is 0 Å². The van der Waals surface area contributed by atoms with Crippen LogP contribution in [0, 0.1) is 5.41 Å². The van der Waals surface area contributed by atoms with E-state index in [-0.39, 0.29) is 19.6 Å². The normalized spacial score (nSPS) is 12.6. The minimum absolute atomic E-state index is 0.0505. The third kappa shape index (κ3) is 6.40. The first-order chi connectivity index (χ1) is 9.84. The number of aliphatic hydroxyl groups excluding tert-OH is 1. The minimum Gasteiger partial charge on any atom is -0.465 e. The standard InChI is InChI=1S/C16H22O5/c1-12(18)21-14(13-7-5-4-6-8-13)9-15(19)20-11-16(2,3)10-17/h4-8,14,17H,9-11H2,1-3H3. The van der Waals surface area contributed by atoms with E-state index in [2.05, 4.69) is 0 Å². The monoisotopic (exact) mass is 294 g/mol. The fourth-order valence-electron chi connectivity index (χ4n) is 1.63. The molecule has 0 amide bonds. The van der Waals surface area contributed by atoms with Crippen LogP contribution in [0.3, 0.4) is 0 Å². The summed E-state index contributed by atoms with van der Waals surface area (Å²) in [6.07, 6.45) is -0.709. The predicted molar refractivity (Wildman–Crippen MR) is 77.4 cm³/mol. The highest BCUT2D eigenvalue weighted by Gasteiger charge is 2.23. The molecule has 1 unspecified atom stereocenters. The molecule has 5 nitrogen and oxygen atoms in total. The Morgan fingerprint density at radius 3 is 2.38 bits per heavy atom. The third-order valence-electron chi connectivity index (χ3n) is 2.88. The Labute approximate surface area is 124 Å². The number of aliphatic hydroxyl groups is 1. The molecule has 21 heavy (non-hydrogen) atoms. The van der Waals surface area contributed by atoms with E-state index in [1.54, 1.807) is 26.0 Å². The maximum absolute atomic E-state index is 11.9. The van der Waals surface area contributed by atoms with E-state index in [1.165, 1.54) is 6.92 Å². The molecule has 0 saturated heterocycles. The van der Waals surface area contributed by atoms with Crippen molar-refractivity contribution < 1.29 is 24.2 Å². The fourth-order valence-corrected chi connectivity index (χ4v) is 1.63. The first-order valence-corrected chi connectivity index (χ1v) is 6.83. The Morgan fingerprint density at radius 1 is 1.24 bits per heavy atom. The van der Waals surface area contributed by atoms with E-state index in [1.807, 2.05) is 18.2 Å². The fraction of sp³-hybridized carbons (Fsp3) is 0.500. The number of rotatable bonds is 7. The largest absolute Gasteiger partial charge is 0.465 e. The Kier molecular flexibility index (Phi) is 6.37. The zero-order valence-electron chi connectivity index (χ0n) is 12.7. The van der Waals surface area contributed by atoms with Gasteiger partial charge >= 0.3 is 11.9 Å². The van der Waals surface area contributed by atoms with Crippen molar-refractivity contribution in [3.8, 4) is 0 Å². The first-order valence-electron chi connectivity index (χ1n) is 6.83. The van der Waals surface area contributed by atoms with Crippen molar-refractivity contribution in [2.45, 2.75) is 33.3 Å². The van der Waals surface area contributed by atoms with Crippen molar-refractivity contribution in [3.63, 3.8) is 0 Å². The number of ether oxygens (including phenoxy) is 2. The molecule has 0 bridgehead atoms. The molecule has 0 heterocycles. The molecular weight excluding hydrogens is 272 g/mol. The van der Waals surface area contributed by atoms with E-state index < -0.39 is 23.5 Å². The second-order valence-corrected chi connectivity index (χ2v) is 5.70. The van der Waals surface area contributed by atoms with Crippen LogP contribution < -0.4 is 0 Å². The molecular formula is C16H22O5. The molecule has 5 heteroatoms. The summed E-state index contributed by atoms with van der Waals surface area (Å²) >= 11 is 0. The lowest BCUT2D eigenvalue weighted by Crippen LogP contribution is -2.26. The molecule has 0 fully saturated rings. The van der Waals surface area contributed by atoms with Gasteiger partial charge in [0.1, 0.15) is 6.10 Å². The number of hydrogen-bond donors (Lipinski definition) is 1. The predicted octanol–water partition coefficient (Wildman–Crippen LogP) is 2.24. The van der Waals surface area contributed by atoms with Crippen LogP contribution in [0.4, 0.5) is 0 Å². The van der Waals surface area contributed by atoms with Crippen LogP contribution in [0.25, 0.3) is 0 Å². The van der Waals surface area contributed by atoms with Crippen LogP contribution in [0.5, 0.6) is 0 Å². The van der Waals surface area contributed by atoms with Gasteiger partial charge in [-0.1, -0.05) is 44.2 Å². The lowest BCUT2D eigenvalue weighted by Gasteiger charge is -2.22. The molecule has 1 atom stereocenters. The van der Waals surface area contributed by atoms with E-state index in [0.717, 1.165) is 5.56 Å². The van der Waals surface area contributed by atoms with Crippen molar-refractivity contribution in [3.05, 3.63) is 35.9 Å². The number of hydrogen-bond acceptors (Lipinski definition) is 5. The molecule has 116 valence electrons. The Bertz CT molecular complexity index is 467. The SMILES string of the molecule is CC(=O)OC(CC(=O)OCC(C)(C)CO)c1ccccc1. The van der Waals surface area contributed by atoms with Crippen molar-refractivity contribution in [1.29, 1.82) is 0 Å². The molecule has 0 aliphatic rings. The smallest absolute Gasteiger partial charge is 0.309 e. The summed E-state index contributed by atoms with van der Waals surface area (Å²) in [7, 11) is 0. The van der Waals surface area contributed by atoms with Gasteiger partial charge in [-0.05, 0) is 5.56 Å². The van der Waals surface area contributed by atoms with Gasteiger partial charge in [0.05, 0.1) is 19.6 Å². The van der Waals surface area contributed by atoms with Gasteiger partial charge in [0.2, 0.25) is 0 Å². The zero-order valence-corrected chi connectivity index (χ0v) is 12.7. The molecule has 0 spiro atoms. The topological polar surface area (TPSA) is 72.8 Å². The minimum atomic E-state index is -0.659. The molecule has 0 radical (unpaired) electrons. The summed E-state index contributed by atoms with van der Waals surface area (Å²) in [6, 6.07) is 9.05. The molecule has 0 aliphatic heterocycles. The van der Waals surface area contributed by atoms with Gasteiger partial charge in [0, 0.05) is 12.3 Å². The number of carbonyl (C=O) groups is 2. The summed E-state index contributed by atoms with van der Waals surface area (Å²) < 4.78 is 10.3.